The minimum absolute atomic E-state index is 0.0160. The van der Waals surface area contributed by atoms with Gasteiger partial charge in [-0.05, 0) is 57.2 Å². The van der Waals surface area contributed by atoms with Gasteiger partial charge in [0.1, 0.15) is 5.75 Å². The minimum atomic E-state index is -0.545. The molecule has 7 heteroatoms. The fourth-order valence-corrected chi connectivity index (χ4v) is 5.45. The number of ketones is 1. The summed E-state index contributed by atoms with van der Waals surface area (Å²) in [6, 6.07) is 11.2. The Labute approximate surface area is 186 Å². The van der Waals surface area contributed by atoms with Gasteiger partial charge in [-0.2, -0.15) is 0 Å². The van der Waals surface area contributed by atoms with Gasteiger partial charge >= 0.3 is 0 Å². The van der Waals surface area contributed by atoms with Gasteiger partial charge in [0.05, 0.1) is 10.4 Å². The highest BCUT2D eigenvalue weighted by Crippen LogP contribution is 2.32. The quantitative estimate of drug-likeness (QED) is 0.662. The lowest BCUT2D eigenvalue weighted by Crippen LogP contribution is -2.58. The molecule has 4 rings (SSSR count). The van der Waals surface area contributed by atoms with Crippen molar-refractivity contribution in [2.45, 2.75) is 45.3 Å². The highest BCUT2D eigenvalue weighted by molar-refractivity contribution is 7.12. The number of piperidine rings is 2. The van der Waals surface area contributed by atoms with Gasteiger partial charge in [0.15, 0.2) is 11.9 Å². The van der Waals surface area contributed by atoms with Crippen molar-refractivity contribution in [3.05, 3.63) is 52.2 Å². The molecule has 2 aromatic rings. The zero-order chi connectivity index (χ0) is 22.0. The Morgan fingerprint density at radius 3 is 2.61 bits per heavy atom. The van der Waals surface area contributed by atoms with Crippen LogP contribution in [0.25, 0.3) is 0 Å². The van der Waals surface area contributed by atoms with E-state index in [1.165, 1.54) is 18.3 Å². The average molecular weight is 441 g/mol. The van der Waals surface area contributed by atoms with E-state index in [-0.39, 0.29) is 29.6 Å². The van der Waals surface area contributed by atoms with E-state index in [2.05, 4.69) is 0 Å². The molecule has 1 aromatic carbocycles. The van der Waals surface area contributed by atoms with Crippen molar-refractivity contribution in [3.63, 3.8) is 0 Å². The summed E-state index contributed by atoms with van der Waals surface area (Å²) in [6.07, 6.45) is 2.16. The molecular weight excluding hydrogens is 412 g/mol. The van der Waals surface area contributed by atoms with E-state index in [4.69, 9.17) is 4.74 Å². The van der Waals surface area contributed by atoms with Crippen molar-refractivity contribution < 1.29 is 19.1 Å². The summed E-state index contributed by atoms with van der Waals surface area (Å²) in [5.74, 6) is 0.938. The SMILES string of the molecule is CC(=O)c1cc(C(=O)N2CC[C@H]3[C@H](CCCN3C(=O)C(C)Oc3ccccc3)C2)cs1. The Bertz CT molecular complexity index is 957. The second-order valence-electron chi connectivity index (χ2n) is 8.37. The molecule has 3 atom stereocenters. The van der Waals surface area contributed by atoms with Crippen molar-refractivity contribution >= 4 is 28.9 Å². The third-order valence-electron chi connectivity index (χ3n) is 6.24. The van der Waals surface area contributed by atoms with Gasteiger partial charge in [-0.25, -0.2) is 0 Å². The van der Waals surface area contributed by atoms with Crippen LogP contribution in [0.1, 0.15) is 53.1 Å². The van der Waals surface area contributed by atoms with E-state index in [9.17, 15) is 14.4 Å². The number of likely N-dealkylation sites (tertiary alicyclic amines) is 2. The highest BCUT2D eigenvalue weighted by Gasteiger charge is 2.40. The standard InChI is InChI=1S/C24H28N2O4S/c1-16(27)22-13-19(15-31-22)24(29)25-12-10-21-18(14-25)7-6-11-26(21)23(28)17(2)30-20-8-4-3-5-9-20/h3-5,8-9,13,15,17-18,21H,6-7,10-12,14H2,1-2H3/t17?,18-,21+/m1/s1. The summed E-state index contributed by atoms with van der Waals surface area (Å²) in [5.41, 5.74) is 0.585. The summed E-state index contributed by atoms with van der Waals surface area (Å²) in [7, 11) is 0. The van der Waals surface area contributed by atoms with Crippen LogP contribution in [-0.4, -0.2) is 59.2 Å². The lowest BCUT2D eigenvalue weighted by Gasteiger charge is -2.47. The first-order valence-corrected chi connectivity index (χ1v) is 11.7. The van der Waals surface area contributed by atoms with Crippen molar-refractivity contribution in [2.75, 3.05) is 19.6 Å². The predicted octanol–water partition coefficient (Wildman–Crippen LogP) is 3.87. The molecule has 0 bridgehead atoms. The van der Waals surface area contributed by atoms with Crippen LogP contribution in [0.3, 0.4) is 0 Å². The zero-order valence-corrected chi connectivity index (χ0v) is 18.8. The van der Waals surface area contributed by atoms with Crippen LogP contribution in [-0.2, 0) is 4.79 Å². The summed E-state index contributed by atoms with van der Waals surface area (Å²) in [6.45, 7) is 5.32. The first-order chi connectivity index (χ1) is 14.9. The van der Waals surface area contributed by atoms with Gasteiger partial charge in [0.25, 0.3) is 11.8 Å². The predicted molar refractivity (Wildman–Crippen MR) is 120 cm³/mol. The lowest BCUT2D eigenvalue weighted by atomic mass is 9.83. The van der Waals surface area contributed by atoms with E-state index < -0.39 is 6.10 Å². The van der Waals surface area contributed by atoms with Crippen LogP contribution in [0, 0.1) is 5.92 Å². The van der Waals surface area contributed by atoms with Gasteiger partial charge in [-0.1, -0.05) is 18.2 Å². The molecule has 2 aliphatic heterocycles. The number of rotatable bonds is 5. The molecule has 0 radical (unpaired) electrons. The Morgan fingerprint density at radius 1 is 1.13 bits per heavy atom. The molecule has 0 spiro atoms. The fourth-order valence-electron chi connectivity index (χ4n) is 4.66. The minimum Gasteiger partial charge on any atom is -0.481 e. The largest absolute Gasteiger partial charge is 0.481 e. The van der Waals surface area contributed by atoms with Gasteiger partial charge < -0.3 is 14.5 Å². The van der Waals surface area contributed by atoms with E-state index >= 15 is 0 Å². The first-order valence-electron chi connectivity index (χ1n) is 10.8. The Morgan fingerprint density at radius 2 is 1.90 bits per heavy atom. The molecule has 0 N–H and O–H groups in total. The van der Waals surface area contributed by atoms with Crippen LogP contribution in [0.15, 0.2) is 41.8 Å². The molecule has 1 unspecified atom stereocenters. The van der Waals surface area contributed by atoms with Crippen LogP contribution >= 0.6 is 11.3 Å². The molecule has 2 aliphatic rings. The Balaban J connectivity index is 1.40. The number of fused-ring (bicyclic) bond motifs is 1. The second kappa shape index (κ2) is 9.22. The molecule has 3 heterocycles. The molecule has 1 aromatic heterocycles. The number of Topliss-reactive ketones (excluding diaryl/α,β-unsaturated/α-hetero) is 1. The normalized spacial score (nSPS) is 21.9. The van der Waals surface area contributed by atoms with Crippen LogP contribution in [0.5, 0.6) is 5.75 Å². The molecular formula is C24H28N2O4S. The molecule has 2 fully saturated rings. The number of carbonyl (C=O) groups is 3. The number of benzene rings is 1. The topological polar surface area (TPSA) is 66.9 Å². The Hall–Kier alpha value is -2.67. The maximum Gasteiger partial charge on any atom is 0.263 e. The van der Waals surface area contributed by atoms with Gasteiger partial charge in [-0.15, -0.1) is 11.3 Å². The van der Waals surface area contributed by atoms with Crippen LogP contribution < -0.4 is 4.74 Å². The molecule has 0 aliphatic carbocycles. The summed E-state index contributed by atoms with van der Waals surface area (Å²) >= 11 is 1.32. The molecule has 6 nitrogen and oxygen atoms in total. The van der Waals surface area contributed by atoms with Crippen LogP contribution in [0.2, 0.25) is 0 Å². The molecule has 0 saturated carbocycles. The molecule has 2 saturated heterocycles. The first kappa shape index (κ1) is 21.6. The number of ether oxygens (including phenoxy) is 1. The van der Waals surface area contributed by atoms with E-state index in [1.54, 1.807) is 18.4 Å². The Kier molecular flexibility index (Phi) is 6.41. The van der Waals surface area contributed by atoms with E-state index in [0.29, 0.717) is 29.3 Å². The monoisotopic (exact) mass is 440 g/mol. The van der Waals surface area contributed by atoms with Crippen molar-refractivity contribution in [1.82, 2.24) is 9.80 Å². The fraction of sp³-hybridized carbons (Fsp3) is 0.458. The van der Waals surface area contributed by atoms with E-state index in [1.807, 2.05) is 40.1 Å². The summed E-state index contributed by atoms with van der Waals surface area (Å²) < 4.78 is 5.87. The zero-order valence-electron chi connectivity index (χ0n) is 18.0. The molecule has 31 heavy (non-hydrogen) atoms. The number of para-hydroxylation sites is 1. The third kappa shape index (κ3) is 4.66. The van der Waals surface area contributed by atoms with Gasteiger partial charge in [0.2, 0.25) is 0 Å². The maximum atomic E-state index is 13.2. The highest BCUT2D eigenvalue weighted by atomic mass is 32.1. The van der Waals surface area contributed by atoms with Gasteiger partial charge in [0, 0.05) is 31.1 Å². The van der Waals surface area contributed by atoms with Crippen molar-refractivity contribution in [2.24, 2.45) is 5.92 Å². The lowest BCUT2D eigenvalue weighted by molar-refractivity contribution is -0.144. The average Bonchev–Trinajstić information content (AvgIpc) is 3.28. The number of amides is 2. The van der Waals surface area contributed by atoms with Crippen LogP contribution in [0.4, 0.5) is 0 Å². The van der Waals surface area contributed by atoms with Crippen molar-refractivity contribution in [1.29, 1.82) is 0 Å². The number of nitrogens with zero attached hydrogens (tertiary/aromatic N) is 2. The maximum absolute atomic E-state index is 13.2. The van der Waals surface area contributed by atoms with E-state index in [0.717, 1.165) is 25.8 Å². The smallest absolute Gasteiger partial charge is 0.263 e. The number of thiophene rings is 1. The molecule has 2 amide bonds. The summed E-state index contributed by atoms with van der Waals surface area (Å²) in [5, 5.41) is 1.77. The molecule has 164 valence electrons. The number of hydrogen-bond acceptors (Lipinski definition) is 5. The summed E-state index contributed by atoms with van der Waals surface area (Å²) in [4.78, 5) is 42.1. The number of carbonyl (C=O) groups excluding carboxylic acids is 3. The second-order valence-corrected chi connectivity index (χ2v) is 9.28. The van der Waals surface area contributed by atoms with Gasteiger partial charge in [-0.3, -0.25) is 14.4 Å². The van der Waals surface area contributed by atoms with Crippen molar-refractivity contribution in [3.8, 4) is 5.75 Å². The number of hydrogen-bond donors (Lipinski definition) is 0. The third-order valence-corrected chi connectivity index (χ3v) is 7.27.